The molecule has 0 amide bonds. The van der Waals surface area contributed by atoms with Gasteiger partial charge >= 0.3 is 6.18 Å². The van der Waals surface area contributed by atoms with E-state index < -0.39 is 23.8 Å². The zero-order chi connectivity index (χ0) is 14.9. The molecule has 0 aliphatic heterocycles. The number of anilines is 1. The molecule has 1 aliphatic rings. The van der Waals surface area contributed by atoms with Crippen LogP contribution in [0.25, 0.3) is 0 Å². The number of benzene rings is 1. The van der Waals surface area contributed by atoms with Crippen molar-refractivity contribution in [2.24, 2.45) is 11.8 Å². The number of hydrogen-bond donors (Lipinski definition) is 1. The van der Waals surface area contributed by atoms with Crippen molar-refractivity contribution in [2.45, 2.75) is 38.8 Å². The number of Topliss-reactive ketones (excluding diaryl/α,β-unsaturated/α-hetero) is 1. The number of ketones is 1. The molecule has 1 aromatic carbocycles. The number of aryl methyl sites for hydroxylation is 1. The SMILES string of the molecule is Cc1cc(C(=O)C2CCCCC2C(F)(F)F)ccc1N. The monoisotopic (exact) mass is 285 g/mol. The van der Waals surface area contributed by atoms with E-state index in [4.69, 9.17) is 5.73 Å². The maximum absolute atomic E-state index is 13.0. The van der Waals surface area contributed by atoms with Gasteiger partial charge in [-0.2, -0.15) is 13.2 Å². The lowest BCUT2D eigenvalue weighted by Gasteiger charge is -2.32. The standard InChI is InChI=1S/C15H18F3NO/c1-9-8-10(6-7-13(9)19)14(20)11-4-2-3-5-12(11)15(16,17)18/h6-8,11-12H,2-5,19H2,1H3. The molecule has 0 saturated heterocycles. The summed E-state index contributed by atoms with van der Waals surface area (Å²) in [5.41, 5.74) is 7.26. The number of carbonyl (C=O) groups is 1. The third kappa shape index (κ3) is 2.97. The molecule has 0 spiro atoms. The highest BCUT2D eigenvalue weighted by Crippen LogP contribution is 2.42. The molecule has 2 nitrogen and oxygen atoms in total. The number of nitrogen functional groups attached to an aromatic ring is 1. The van der Waals surface area contributed by atoms with Crippen LogP contribution in [0.3, 0.4) is 0 Å². The zero-order valence-corrected chi connectivity index (χ0v) is 11.3. The van der Waals surface area contributed by atoms with E-state index in [0.717, 1.165) is 5.56 Å². The Morgan fingerprint density at radius 3 is 2.50 bits per heavy atom. The number of rotatable bonds is 2. The van der Waals surface area contributed by atoms with Gasteiger partial charge in [0.05, 0.1) is 5.92 Å². The minimum absolute atomic E-state index is 0.0495. The second-order valence-corrected chi connectivity index (χ2v) is 5.47. The summed E-state index contributed by atoms with van der Waals surface area (Å²) < 4.78 is 39.1. The molecule has 2 N–H and O–H groups in total. The molecule has 0 heterocycles. The topological polar surface area (TPSA) is 43.1 Å². The van der Waals surface area contributed by atoms with Crippen LogP contribution in [-0.4, -0.2) is 12.0 Å². The average molecular weight is 285 g/mol. The highest BCUT2D eigenvalue weighted by molar-refractivity contribution is 5.98. The Bertz CT molecular complexity index is 510. The van der Waals surface area contributed by atoms with Gasteiger partial charge in [-0.3, -0.25) is 4.79 Å². The predicted octanol–water partition coefficient (Wildman–Crippen LogP) is 4.13. The van der Waals surface area contributed by atoms with Crippen LogP contribution >= 0.6 is 0 Å². The lowest BCUT2D eigenvalue weighted by molar-refractivity contribution is -0.190. The molecular weight excluding hydrogens is 267 g/mol. The van der Waals surface area contributed by atoms with Crippen molar-refractivity contribution in [3.63, 3.8) is 0 Å². The first-order chi connectivity index (χ1) is 9.30. The number of nitrogens with two attached hydrogens (primary N) is 1. The molecule has 0 aromatic heterocycles. The van der Waals surface area contributed by atoms with Gasteiger partial charge in [0.15, 0.2) is 5.78 Å². The summed E-state index contributed by atoms with van der Waals surface area (Å²) in [5, 5.41) is 0. The van der Waals surface area contributed by atoms with Crippen LogP contribution in [0.15, 0.2) is 18.2 Å². The minimum atomic E-state index is -4.30. The summed E-state index contributed by atoms with van der Waals surface area (Å²) in [6.45, 7) is 1.74. The van der Waals surface area contributed by atoms with E-state index in [-0.39, 0.29) is 6.42 Å². The molecule has 1 aliphatic carbocycles. The molecule has 1 fully saturated rings. The number of halogens is 3. The second kappa shape index (κ2) is 5.46. The highest BCUT2D eigenvalue weighted by atomic mass is 19.4. The van der Waals surface area contributed by atoms with Gasteiger partial charge in [0.1, 0.15) is 0 Å². The van der Waals surface area contributed by atoms with Gasteiger partial charge < -0.3 is 5.73 Å². The van der Waals surface area contributed by atoms with Gasteiger partial charge in [0.2, 0.25) is 0 Å². The van der Waals surface area contributed by atoms with E-state index in [0.29, 0.717) is 30.5 Å². The third-order valence-electron chi connectivity index (χ3n) is 4.08. The Labute approximate surface area is 116 Å². The molecule has 0 bridgehead atoms. The van der Waals surface area contributed by atoms with Gasteiger partial charge in [0.25, 0.3) is 0 Å². The van der Waals surface area contributed by atoms with Gasteiger partial charge in [-0.05, 0) is 43.5 Å². The van der Waals surface area contributed by atoms with Crippen LogP contribution in [0, 0.1) is 18.8 Å². The molecule has 0 radical (unpaired) electrons. The lowest BCUT2D eigenvalue weighted by atomic mass is 9.75. The van der Waals surface area contributed by atoms with Crippen molar-refractivity contribution in [3.05, 3.63) is 29.3 Å². The van der Waals surface area contributed by atoms with Crippen LogP contribution in [0.1, 0.15) is 41.6 Å². The van der Waals surface area contributed by atoms with Crippen LogP contribution < -0.4 is 5.73 Å². The van der Waals surface area contributed by atoms with Crippen molar-refractivity contribution < 1.29 is 18.0 Å². The van der Waals surface area contributed by atoms with Crippen LogP contribution in [0.5, 0.6) is 0 Å². The number of alkyl halides is 3. The zero-order valence-electron chi connectivity index (χ0n) is 11.3. The molecule has 1 saturated carbocycles. The van der Waals surface area contributed by atoms with Gasteiger partial charge in [0, 0.05) is 17.2 Å². The first kappa shape index (κ1) is 14.9. The normalized spacial score (nSPS) is 23.6. The number of carbonyl (C=O) groups excluding carboxylic acids is 1. The maximum atomic E-state index is 13.0. The van der Waals surface area contributed by atoms with Crippen LogP contribution in [0.2, 0.25) is 0 Å². The van der Waals surface area contributed by atoms with Crippen molar-refractivity contribution in [1.29, 1.82) is 0 Å². The van der Waals surface area contributed by atoms with Gasteiger partial charge in [-0.1, -0.05) is 12.8 Å². The fraction of sp³-hybridized carbons (Fsp3) is 0.533. The van der Waals surface area contributed by atoms with E-state index >= 15 is 0 Å². The Hall–Kier alpha value is -1.52. The quantitative estimate of drug-likeness (QED) is 0.656. The first-order valence-electron chi connectivity index (χ1n) is 6.77. The second-order valence-electron chi connectivity index (χ2n) is 5.47. The summed E-state index contributed by atoms with van der Waals surface area (Å²) in [6.07, 6.45) is -2.73. The van der Waals surface area contributed by atoms with E-state index in [1.807, 2.05) is 0 Å². The molecule has 1 aromatic rings. The minimum Gasteiger partial charge on any atom is -0.399 e. The molecule has 2 atom stereocenters. The van der Waals surface area contributed by atoms with Crippen molar-refractivity contribution in [2.75, 3.05) is 5.73 Å². The lowest BCUT2D eigenvalue weighted by Crippen LogP contribution is -2.37. The first-order valence-corrected chi connectivity index (χ1v) is 6.77. The van der Waals surface area contributed by atoms with E-state index in [9.17, 15) is 18.0 Å². The van der Waals surface area contributed by atoms with E-state index in [1.165, 1.54) is 6.07 Å². The summed E-state index contributed by atoms with van der Waals surface area (Å²) in [7, 11) is 0. The molecule has 5 heteroatoms. The Morgan fingerprint density at radius 2 is 1.90 bits per heavy atom. The van der Waals surface area contributed by atoms with Crippen molar-refractivity contribution in [3.8, 4) is 0 Å². The Kier molecular flexibility index (Phi) is 4.06. The Balaban J connectivity index is 2.27. The highest BCUT2D eigenvalue weighted by Gasteiger charge is 2.47. The molecular formula is C15H18F3NO. The van der Waals surface area contributed by atoms with E-state index in [2.05, 4.69) is 0 Å². The molecule has 20 heavy (non-hydrogen) atoms. The third-order valence-corrected chi connectivity index (χ3v) is 4.08. The fourth-order valence-corrected chi connectivity index (χ4v) is 2.88. The molecule has 2 unspecified atom stereocenters. The number of hydrogen-bond acceptors (Lipinski definition) is 2. The maximum Gasteiger partial charge on any atom is 0.392 e. The predicted molar refractivity (Wildman–Crippen MR) is 71.4 cm³/mol. The van der Waals surface area contributed by atoms with Crippen molar-refractivity contribution >= 4 is 11.5 Å². The molecule has 110 valence electrons. The van der Waals surface area contributed by atoms with Crippen molar-refractivity contribution in [1.82, 2.24) is 0 Å². The largest absolute Gasteiger partial charge is 0.399 e. The van der Waals surface area contributed by atoms with Crippen LogP contribution in [0.4, 0.5) is 18.9 Å². The van der Waals surface area contributed by atoms with Gasteiger partial charge in [-0.25, -0.2) is 0 Å². The summed E-state index contributed by atoms with van der Waals surface area (Å²) in [6, 6.07) is 4.68. The fourth-order valence-electron chi connectivity index (χ4n) is 2.88. The van der Waals surface area contributed by atoms with E-state index in [1.54, 1.807) is 19.1 Å². The average Bonchev–Trinajstić information content (AvgIpc) is 2.40. The summed E-state index contributed by atoms with van der Waals surface area (Å²) in [5.74, 6) is -2.87. The Morgan fingerprint density at radius 1 is 1.25 bits per heavy atom. The smallest absolute Gasteiger partial charge is 0.392 e. The molecule has 2 rings (SSSR count). The van der Waals surface area contributed by atoms with Crippen LogP contribution in [-0.2, 0) is 0 Å². The summed E-state index contributed by atoms with van der Waals surface area (Å²) >= 11 is 0. The van der Waals surface area contributed by atoms with Gasteiger partial charge in [-0.15, -0.1) is 0 Å². The summed E-state index contributed by atoms with van der Waals surface area (Å²) in [4.78, 5) is 12.4.